The monoisotopic (exact) mass is 223 g/mol. The molecule has 1 aromatic carbocycles. The summed E-state index contributed by atoms with van der Waals surface area (Å²) in [5.41, 5.74) is 0.554. The number of ether oxygens (including phenoxy) is 1. The second-order valence-electron chi connectivity index (χ2n) is 4.50. The predicted molar refractivity (Wildman–Crippen MR) is 63.4 cm³/mol. The number of rotatable bonds is 3. The molecule has 16 heavy (non-hydrogen) atoms. The van der Waals surface area contributed by atoms with Crippen LogP contribution in [0.5, 0.6) is 5.75 Å². The van der Waals surface area contributed by atoms with E-state index in [1.165, 1.54) is 18.9 Å². The van der Waals surface area contributed by atoms with Crippen molar-refractivity contribution in [1.29, 1.82) is 0 Å². The molecular weight excluding hydrogens is 205 g/mol. The summed E-state index contributed by atoms with van der Waals surface area (Å²) in [4.78, 5) is 0. The van der Waals surface area contributed by atoms with Crippen molar-refractivity contribution >= 4 is 5.69 Å². The minimum Gasteiger partial charge on any atom is -0.497 e. The van der Waals surface area contributed by atoms with Crippen molar-refractivity contribution in [2.75, 3.05) is 12.4 Å². The van der Waals surface area contributed by atoms with Crippen LogP contribution in [-0.4, -0.2) is 13.2 Å². The van der Waals surface area contributed by atoms with Gasteiger partial charge in [-0.1, -0.05) is 13.3 Å². The quantitative estimate of drug-likeness (QED) is 0.847. The smallest absolute Gasteiger partial charge is 0.146 e. The van der Waals surface area contributed by atoms with E-state index >= 15 is 0 Å². The zero-order chi connectivity index (χ0) is 11.5. The molecule has 2 atom stereocenters. The molecular formula is C13H18FNO. The summed E-state index contributed by atoms with van der Waals surface area (Å²) in [6.45, 7) is 2.21. The molecule has 1 N–H and O–H groups in total. The summed E-state index contributed by atoms with van der Waals surface area (Å²) in [5, 5.41) is 3.28. The van der Waals surface area contributed by atoms with Crippen LogP contribution >= 0.6 is 0 Å². The van der Waals surface area contributed by atoms with Gasteiger partial charge >= 0.3 is 0 Å². The molecule has 1 saturated carbocycles. The highest BCUT2D eigenvalue weighted by atomic mass is 19.1. The van der Waals surface area contributed by atoms with Crippen molar-refractivity contribution in [2.45, 2.75) is 32.2 Å². The van der Waals surface area contributed by atoms with Gasteiger partial charge in [0.05, 0.1) is 12.8 Å². The maximum Gasteiger partial charge on any atom is 0.146 e. The van der Waals surface area contributed by atoms with Crippen molar-refractivity contribution in [2.24, 2.45) is 5.92 Å². The average Bonchev–Trinajstić information content (AvgIpc) is 2.68. The van der Waals surface area contributed by atoms with Crippen molar-refractivity contribution in [3.63, 3.8) is 0 Å². The number of anilines is 1. The molecule has 3 heteroatoms. The second-order valence-corrected chi connectivity index (χ2v) is 4.50. The van der Waals surface area contributed by atoms with Crippen LogP contribution in [0.3, 0.4) is 0 Å². The van der Waals surface area contributed by atoms with E-state index in [-0.39, 0.29) is 5.82 Å². The zero-order valence-electron chi connectivity index (χ0n) is 9.79. The van der Waals surface area contributed by atoms with Gasteiger partial charge in [-0.25, -0.2) is 4.39 Å². The molecule has 0 radical (unpaired) electrons. The first kappa shape index (κ1) is 11.2. The molecule has 0 bridgehead atoms. The van der Waals surface area contributed by atoms with Crippen molar-refractivity contribution in [3.05, 3.63) is 24.0 Å². The third kappa shape index (κ3) is 2.29. The van der Waals surface area contributed by atoms with Crippen LogP contribution in [0.2, 0.25) is 0 Å². The van der Waals surface area contributed by atoms with E-state index in [1.807, 2.05) is 0 Å². The summed E-state index contributed by atoms with van der Waals surface area (Å²) < 4.78 is 18.7. The first-order valence-electron chi connectivity index (χ1n) is 5.81. The minimum atomic E-state index is -0.208. The molecule has 2 rings (SSSR count). The molecule has 1 aromatic rings. The fourth-order valence-corrected chi connectivity index (χ4v) is 2.30. The lowest BCUT2D eigenvalue weighted by atomic mass is 10.1. The third-order valence-electron chi connectivity index (χ3n) is 3.38. The van der Waals surface area contributed by atoms with E-state index in [9.17, 15) is 4.39 Å². The summed E-state index contributed by atoms with van der Waals surface area (Å²) in [6, 6.07) is 5.20. The van der Waals surface area contributed by atoms with Gasteiger partial charge < -0.3 is 10.1 Å². The largest absolute Gasteiger partial charge is 0.497 e. The number of halogens is 1. The Balaban J connectivity index is 2.13. The van der Waals surface area contributed by atoms with E-state index in [2.05, 4.69) is 12.2 Å². The van der Waals surface area contributed by atoms with E-state index < -0.39 is 0 Å². The van der Waals surface area contributed by atoms with Crippen LogP contribution in [0.25, 0.3) is 0 Å². The summed E-state index contributed by atoms with van der Waals surface area (Å²) in [6.07, 6.45) is 3.57. The van der Waals surface area contributed by atoms with Crippen LogP contribution in [-0.2, 0) is 0 Å². The molecule has 0 saturated heterocycles. The number of hydrogen-bond acceptors (Lipinski definition) is 2. The number of nitrogens with one attached hydrogen (secondary N) is 1. The van der Waals surface area contributed by atoms with Crippen molar-refractivity contribution in [1.82, 2.24) is 0 Å². The maximum atomic E-state index is 13.6. The van der Waals surface area contributed by atoms with Gasteiger partial charge in [0, 0.05) is 12.1 Å². The lowest BCUT2D eigenvalue weighted by Crippen LogP contribution is -2.22. The summed E-state index contributed by atoms with van der Waals surface area (Å²) in [7, 11) is 1.59. The Kier molecular flexibility index (Phi) is 3.32. The molecule has 1 aliphatic carbocycles. The zero-order valence-corrected chi connectivity index (χ0v) is 9.79. The van der Waals surface area contributed by atoms with Gasteiger partial charge in [-0.05, 0) is 30.9 Å². The Morgan fingerprint density at radius 1 is 1.38 bits per heavy atom. The van der Waals surface area contributed by atoms with E-state index in [1.54, 1.807) is 19.2 Å². The van der Waals surface area contributed by atoms with Gasteiger partial charge in [-0.3, -0.25) is 0 Å². The Bertz CT molecular complexity index is 367. The van der Waals surface area contributed by atoms with Gasteiger partial charge in [0.15, 0.2) is 0 Å². The van der Waals surface area contributed by atoms with Crippen LogP contribution in [0.15, 0.2) is 18.2 Å². The minimum absolute atomic E-state index is 0.208. The normalized spacial score (nSPS) is 24.4. The number of hydrogen-bond donors (Lipinski definition) is 1. The highest BCUT2D eigenvalue weighted by Gasteiger charge is 2.23. The number of benzene rings is 1. The van der Waals surface area contributed by atoms with Gasteiger partial charge in [-0.2, -0.15) is 0 Å². The Morgan fingerprint density at radius 2 is 2.19 bits per heavy atom. The molecule has 0 amide bonds. The molecule has 1 fully saturated rings. The van der Waals surface area contributed by atoms with Gasteiger partial charge in [0.1, 0.15) is 11.6 Å². The Labute approximate surface area is 95.8 Å². The Hall–Kier alpha value is -1.25. The Morgan fingerprint density at radius 3 is 2.81 bits per heavy atom. The van der Waals surface area contributed by atoms with E-state index in [0.717, 1.165) is 6.42 Å². The fourth-order valence-electron chi connectivity index (χ4n) is 2.30. The van der Waals surface area contributed by atoms with Crippen LogP contribution < -0.4 is 10.1 Å². The van der Waals surface area contributed by atoms with Crippen LogP contribution in [0, 0.1) is 11.7 Å². The van der Waals surface area contributed by atoms with Gasteiger partial charge in [0.25, 0.3) is 0 Å². The summed E-state index contributed by atoms with van der Waals surface area (Å²) in [5.74, 6) is 1.10. The second kappa shape index (κ2) is 4.73. The SMILES string of the molecule is COc1ccc(F)c(NC2CCCC2C)c1. The average molecular weight is 223 g/mol. The van der Waals surface area contributed by atoms with Crippen molar-refractivity contribution < 1.29 is 9.13 Å². The molecule has 2 unspecified atom stereocenters. The highest BCUT2D eigenvalue weighted by Crippen LogP contribution is 2.30. The lowest BCUT2D eigenvalue weighted by molar-refractivity contribution is 0.413. The molecule has 0 aliphatic heterocycles. The maximum absolute atomic E-state index is 13.6. The lowest BCUT2D eigenvalue weighted by Gasteiger charge is -2.19. The predicted octanol–water partition coefficient (Wildman–Crippen LogP) is 3.43. The first-order chi connectivity index (χ1) is 7.70. The molecule has 2 nitrogen and oxygen atoms in total. The highest BCUT2D eigenvalue weighted by molar-refractivity contribution is 5.50. The number of methoxy groups -OCH3 is 1. The van der Waals surface area contributed by atoms with E-state index in [0.29, 0.717) is 23.4 Å². The molecule has 0 heterocycles. The fraction of sp³-hybridized carbons (Fsp3) is 0.538. The van der Waals surface area contributed by atoms with Crippen LogP contribution in [0.1, 0.15) is 26.2 Å². The molecule has 0 spiro atoms. The van der Waals surface area contributed by atoms with E-state index in [4.69, 9.17) is 4.74 Å². The standard InChI is InChI=1S/C13H18FNO/c1-9-4-3-5-12(9)15-13-8-10(16-2)6-7-11(13)14/h6-9,12,15H,3-5H2,1-2H3. The summed E-state index contributed by atoms with van der Waals surface area (Å²) >= 11 is 0. The van der Waals surface area contributed by atoms with Gasteiger partial charge in [-0.15, -0.1) is 0 Å². The van der Waals surface area contributed by atoms with Gasteiger partial charge in [0.2, 0.25) is 0 Å². The molecule has 0 aromatic heterocycles. The molecule has 88 valence electrons. The topological polar surface area (TPSA) is 21.3 Å². The molecule has 1 aliphatic rings. The van der Waals surface area contributed by atoms with Crippen LogP contribution in [0.4, 0.5) is 10.1 Å². The first-order valence-corrected chi connectivity index (χ1v) is 5.81. The third-order valence-corrected chi connectivity index (χ3v) is 3.38. The van der Waals surface area contributed by atoms with Crippen molar-refractivity contribution in [3.8, 4) is 5.75 Å².